The molecule has 0 radical (unpaired) electrons. The highest BCUT2D eigenvalue weighted by molar-refractivity contribution is 5.82. The number of para-hydroxylation sites is 1. The van der Waals surface area contributed by atoms with Gasteiger partial charge in [0.2, 0.25) is 5.91 Å². The number of carbonyl (C=O) groups is 1. The van der Waals surface area contributed by atoms with Gasteiger partial charge in [0, 0.05) is 6.54 Å². The van der Waals surface area contributed by atoms with Crippen LogP contribution in [0.4, 0.5) is 0 Å². The van der Waals surface area contributed by atoms with Crippen LogP contribution >= 0.6 is 0 Å². The van der Waals surface area contributed by atoms with Crippen molar-refractivity contribution in [3.05, 3.63) is 74.4 Å². The molecule has 0 unspecified atom stereocenters. The number of fused-ring (bicyclic) bond motifs is 1. The molecule has 0 atom stereocenters. The van der Waals surface area contributed by atoms with Crippen LogP contribution in [0.15, 0.2) is 52.1 Å². The molecule has 1 aromatic heterocycles. The summed E-state index contributed by atoms with van der Waals surface area (Å²) in [5, 5.41) is 3.27. The van der Waals surface area contributed by atoms with Gasteiger partial charge in [-0.2, -0.15) is 0 Å². The first kappa shape index (κ1) is 20.6. The summed E-state index contributed by atoms with van der Waals surface area (Å²) in [6, 6.07) is 12.7. The number of amides is 1. The highest BCUT2D eigenvalue weighted by Gasteiger charge is 2.18. The summed E-state index contributed by atoms with van der Waals surface area (Å²) < 4.78 is 2.58. The Labute approximate surface area is 169 Å². The summed E-state index contributed by atoms with van der Waals surface area (Å²) in [4.78, 5) is 39.1. The van der Waals surface area contributed by atoms with Crippen molar-refractivity contribution >= 4 is 16.8 Å². The van der Waals surface area contributed by atoms with Gasteiger partial charge in [0.05, 0.1) is 16.6 Å². The van der Waals surface area contributed by atoms with Crippen LogP contribution in [0.2, 0.25) is 0 Å². The summed E-state index contributed by atoms with van der Waals surface area (Å²) in [6.07, 6.45) is 0.683. The average molecular weight is 393 g/mol. The Balaban J connectivity index is 2.27. The number of benzene rings is 2. The Morgan fingerprint density at radius 1 is 1.10 bits per heavy atom. The van der Waals surface area contributed by atoms with Crippen LogP contribution in [0.5, 0.6) is 0 Å². The first-order valence-corrected chi connectivity index (χ1v) is 9.94. The molecule has 2 aromatic carbocycles. The highest BCUT2D eigenvalue weighted by atomic mass is 16.2. The number of nitrogens with zero attached hydrogens (tertiary/aromatic N) is 2. The Morgan fingerprint density at radius 2 is 1.83 bits per heavy atom. The lowest BCUT2D eigenvalue weighted by Gasteiger charge is -2.16. The van der Waals surface area contributed by atoms with Crippen molar-refractivity contribution in [2.45, 2.75) is 40.7 Å². The van der Waals surface area contributed by atoms with Gasteiger partial charge in [-0.25, -0.2) is 9.36 Å². The van der Waals surface area contributed by atoms with Gasteiger partial charge in [0.25, 0.3) is 5.56 Å². The van der Waals surface area contributed by atoms with E-state index in [0.717, 1.165) is 11.1 Å². The molecule has 1 N–H and O–H groups in total. The third-order valence-electron chi connectivity index (χ3n) is 4.92. The second-order valence-electron chi connectivity index (χ2n) is 7.71. The lowest BCUT2D eigenvalue weighted by atomic mass is 10.1. The Bertz CT molecular complexity index is 1170. The average Bonchev–Trinajstić information content (AvgIpc) is 2.70. The van der Waals surface area contributed by atoms with Crippen LogP contribution in [0.25, 0.3) is 16.6 Å². The van der Waals surface area contributed by atoms with Crippen LogP contribution in [0, 0.1) is 12.8 Å². The number of carbonyl (C=O) groups excluding carboxylic acids is 1. The lowest BCUT2D eigenvalue weighted by molar-refractivity contribution is -0.121. The topological polar surface area (TPSA) is 73.1 Å². The summed E-state index contributed by atoms with van der Waals surface area (Å²) >= 11 is 0. The fourth-order valence-electron chi connectivity index (χ4n) is 3.40. The Morgan fingerprint density at radius 3 is 2.52 bits per heavy atom. The van der Waals surface area contributed by atoms with Crippen molar-refractivity contribution in [2.75, 3.05) is 6.54 Å². The maximum atomic E-state index is 13.4. The van der Waals surface area contributed by atoms with Crippen molar-refractivity contribution in [1.82, 2.24) is 14.5 Å². The SMILES string of the molecule is CCc1ccccc1-n1c(=O)c2cc(C)ccc2n(CC(=O)NCC(C)C)c1=O. The number of hydrogen-bond acceptors (Lipinski definition) is 3. The van der Waals surface area contributed by atoms with Crippen LogP contribution in [-0.4, -0.2) is 21.6 Å². The summed E-state index contributed by atoms with van der Waals surface area (Å²) in [5.41, 5.74) is 1.97. The smallest absolute Gasteiger partial charge is 0.336 e. The maximum absolute atomic E-state index is 13.4. The van der Waals surface area contributed by atoms with Gasteiger partial charge in [-0.15, -0.1) is 0 Å². The number of hydrogen-bond donors (Lipinski definition) is 1. The second-order valence-corrected chi connectivity index (χ2v) is 7.71. The third-order valence-corrected chi connectivity index (χ3v) is 4.92. The highest BCUT2D eigenvalue weighted by Crippen LogP contribution is 2.15. The van der Waals surface area contributed by atoms with Gasteiger partial charge in [-0.1, -0.05) is 50.6 Å². The van der Waals surface area contributed by atoms with E-state index >= 15 is 0 Å². The van der Waals surface area contributed by atoms with Gasteiger partial charge in [-0.05, 0) is 43.0 Å². The van der Waals surface area contributed by atoms with E-state index in [9.17, 15) is 14.4 Å². The van der Waals surface area contributed by atoms with Gasteiger partial charge >= 0.3 is 5.69 Å². The minimum absolute atomic E-state index is 0.139. The number of aromatic nitrogens is 2. The molecule has 0 spiro atoms. The quantitative estimate of drug-likeness (QED) is 0.700. The molecule has 0 aliphatic carbocycles. The Hall–Kier alpha value is -3.15. The predicted octanol–water partition coefficient (Wildman–Crippen LogP) is 2.80. The van der Waals surface area contributed by atoms with Gasteiger partial charge in [-0.3, -0.25) is 14.2 Å². The van der Waals surface area contributed by atoms with E-state index in [1.807, 2.05) is 45.9 Å². The molecule has 0 saturated heterocycles. The molecule has 29 heavy (non-hydrogen) atoms. The van der Waals surface area contributed by atoms with Crippen LogP contribution in [0.3, 0.4) is 0 Å². The van der Waals surface area contributed by atoms with E-state index in [4.69, 9.17) is 0 Å². The summed E-state index contributed by atoms with van der Waals surface area (Å²) in [7, 11) is 0. The molecule has 0 aliphatic heterocycles. The molecule has 0 bridgehead atoms. The van der Waals surface area contributed by atoms with Gasteiger partial charge in [0.1, 0.15) is 6.54 Å². The zero-order valence-electron chi connectivity index (χ0n) is 17.4. The first-order chi connectivity index (χ1) is 13.8. The van der Waals surface area contributed by atoms with Gasteiger partial charge < -0.3 is 5.32 Å². The molecule has 1 amide bonds. The standard InChI is InChI=1S/C23H27N3O3/c1-5-17-8-6-7-9-19(17)26-22(28)18-12-16(4)10-11-20(18)25(23(26)29)14-21(27)24-13-15(2)3/h6-12,15H,5,13-14H2,1-4H3,(H,24,27). The Kier molecular flexibility index (Phi) is 6.01. The molecular formula is C23H27N3O3. The van der Waals surface area contributed by atoms with Gasteiger partial charge in [0.15, 0.2) is 0 Å². The minimum Gasteiger partial charge on any atom is -0.354 e. The molecule has 1 heterocycles. The van der Waals surface area contributed by atoms with E-state index in [0.29, 0.717) is 35.5 Å². The lowest BCUT2D eigenvalue weighted by Crippen LogP contribution is -2.42. The molecule has 0 fully saturated rings. The largest absolute Gasteiger partial charge is 0.354 e. The van der Waals surface area contributed by atoms with Crippen molar-refractivity contribution in [2.24, 2.45) is 5.92 Å². The zero-order chi connectivity index (χ0) is 21.1. The molecule has 0 aliphatic rings. The summed E-state index contributed by atoms with van der Waals surface area (Å²) in [5.74, 6) is 0.0529. The van der Waals surface area contributed by atoms with Crippen molar-refractivity contribution in [3.8, 4) is 5.69 Å². The van der Waals surface area contributed by atoms with Crippen molar-refractivity contribution in [1.29, 1.82) is 0 Å². The van der Waals surface area contributed by atoms with E-state index in [2.05, 4.69) is 5.32 Å². The maximum Gasteiger partial charge on any atom is 0.336 e. The minimum atomic E-state index is -0.507. The van der Waals surface area contributed by atoms with E-state index in [1.54, 1.807) is 24.3 Å². The van der Waals surface area contributed by atoms with E-state index in [1.165, 1.54) is 9.13 Å². The second kappa shape index (κ2) is 8.47. The first-order valence-electron chi connectivity index (χ1n) is 9.94. The van der Waals surface area contributed by atoms with Crippen LogP contribution < -0.4 is 16.6 Å². The molecule has 152 valence electrons. The molecule has 6 heteroatoms. The van der Waals surface area contributed by atoms with E-state index in [-0.39, 0.29) is 18.0 Å². The molecule has 3 rings (SSSR count). The number of nitrogens with one attached hydrogen (secondary N) is 1. The molecule has 3 aromatic rings. The van der Waals surface area contributed by atoms with E-state index < -0.39 is 5.69 Å². The molecule has 6 nitrogen and oxygen atoms in total. The monoisotopic (exact) mass is 393 g/mol. The molecular weight excluding hydrogens is 366 g/mol. The van der Waals surface area contributed by atoms with Crippen molar-refractivity contribution in [3.63, 3.8) is 0 Å². The normalized spacial score (nSPS) is 11.2. The fraction of sp³-hybridized carbons (Fsp3) is 0.348. The zero-order valence-corrected chi connectivity index (χ0v) is 17.4. The van der Waals surface area contributed by atoms with Crippen molar-refractivity contribution < 1.29 is 4.79 Å². The molecule has 0 saturated carbocycles. The number of rotatable bonds is 6. The summed E-state index contributed by atoms with van der Waals surface area (Å²) in [6.45, 7) is 8.28. The third kappa shape index (κ3) is 4.16. The fourth-order valence-corrected chi connectivity index (χ4v) is 3.40. The predicted molar refractivity (Wildman–Crippen MR) is 116 cm³/mol. The van der Waals surface area contributed by atoms with Crippen LogP contribution in [-0.2, 0) is 17.8 Å². The number of aryl methyl sites for hydroxylation is 2. The van der Waals surface area contributed by atoms with Crippen LogP contribution in [0.1, 0.15) is 31.9 Å².